The van der Waals surface area contributed by atoms with Gasteiger partial charge in [-0.15, -0.1) is 0 Å². The molecule has 2 aromatic rings. The minimum absolute atomic E-state index is 0.347. The molecule has 0 aliphatic carbocycles. The Morgan fingerprint density at radius 3 is 2.09 bits per heavy atom. The molecule has 1 atom stereocenters. The Morgan fingerprint density at radius 1 is 1.09 bits per heavy atom. The van der Waals surface area contributed by atoms with Crippen molar-refractivity contribution >= 4 is 6.09 Å². The zero-order valence-electron chi connectivity index (χ0n) is 13.2. The Morgan fingerprint density at radius 2 is 1.61 bits per heavy atom. The van der Waals surface area contributed by atoms with Gasteiger partial charge in [0.15, 0.2) is 0 Å². The fraction of sp³-hybridized carbons (Fsp3) is 0.316. The van der Waals surface area contributed by atoms with Crippen molar-refractivity contribution in [3.8, 4) is 0 Å². The molecule has 0 aromatic heterocycles. The zero-order valence-corrected chi connectivity index (χ0v) is 13.2. The van der Waals surface area contributed by atoms with E-state index in [1.165, 1.54) is 7.11 Å². The fourth-order valence-electron chi connectivity index (χ4n) is 3.47. The smallest absolute Gasteiger partial charge is 0.409 e. The maximum absolute atomic E-state index is 12.1. The Bertz CT molecular complexity index is 617. The Hall–Kier alpha value is -2.33. The number of carbonyl (C=O) groups excluding carboxylic acids is 1. The average molecular weight is 311 g/mol. The van der Waals surface area contributed by atoms with Crippen LogP contribution in [0.2, 0.25) is 0 Å². The van der Waals surface area contributed by atoms with Crippen molar-refractivity contribution in [1.29, 1.82) is 0 Å². The summed E-state index contributed by atoms with van der Waals surface area (Å²) >= 11 is 0. The van der Waals surface area contributed by atoms with Gasteiger partial charge in [0, 0.05) is 6.54 Å². The number of nitrogens with zero attached hydrogens (tertiary/aromatic N) is 1. The molecule has 3 rings (SSSR count). The van der Waals surface area contributed by atoms with Crippen LogP contribution >= 0.6 is 0 Å². The van der Waals surface area contributed by atoms with E-state index in [-0.39, 0.29) is 6.04 Å². The summed E-state index contributed by atoms with van der Waals surface area (Å²) in [6.45, 7) is 0.597. The van der Waals surface area contributed by atoms with Crippen LogP contribution in [0.25, 0.3) is 0 Å². The maximum atomic E-state index is 12.1. The van der Waals surface area contributed by atoms with Gasteiger partial charge in [-0.25, -0.2) is 4.79 Å². The topological polar surface area (TPSA) is 49.8 Å². The average Bonchev–Trinajstić information content (AvgIpc) is 3.12. The molecule has 1 aliphatic rings. The molecule has 2 aromatic carbocycles. The second-order valence-electron chi connectivity index (χ2n) is 5.82. The molecule has 1 N–H and O–H groups in total. The molecule has 4 nitrogen and oxygen atoms in total. The minimum Gasteiger partial charge on any atom is -0.453 e. The largest absolute Gasteiger partial charge is 0.453 e. The number of amides is 1. The fourth-order valence-corrected chi connectivity index (χ4v) is 3.47. The van der Waals surface area contributed by atoms with Crippen LogP contribution in [0, 0.1) is 0 Å². The van der Waals surface area contributed by atoms with E-state index in [9.17, 15) is 9.90 Å². The molecule has 0 radical (unpaired) electrons. The lowest BCUT2D eigenvalue weighted by molar-refractivity contribution is -0.00229. The zero-order chi connectivity index (χ0) is 16.3. The van der Waals surface area contributed by atoms with Crippen LogP contribution in [0.3, 0.4) is 0 Å². The molecular weight excluding hydrogens is 290 g/mol. The van der Waals surface area contributed by atoms with Crippen molar-refractivity contribution in [1.82, 2.24) is 4.90 Å². The second kappa shape index (κ2) is 6.42. The van der Waals surface area contributed by atoms with E-state index < -0.39 is 11.7 Å². The van der Waals surface area contributed by atoms with Crippen LogP contribution < -0.4 is 0 Å². The van der Waals surface area contributed by atoms with Crippen LogP contribution in [0.5, 0.6) is 0 Å². The molecule has 23 heavy (non-hydrogen) atoms. The molecule has 0 bridgehead atoms. The molecule has 1 heterocycles. The van der Waals surface area contributed by atoms with E-state index in [4.69, 9.17) is 4.74 Å². The SMILES string of the molecule is COC(=O)N1CCCC1C(O)(c1ccccc1)c1ccccc1. The number of hydrogen-bond acceptors (Lipinski definition) is 3. The minimum atomic E-state index is -1.26. The maximum Gasteiger partial charge on any atom is 0.409 e. The summed E-state index contributed by atoms with van der Waals surface area (Å²) in [5, 5.41) is 11.7. The number of hydrogen-bond donors (Lipinski definition) is 1. The van der Waals surface area contributed by atoms with Gasteiger partial charge in [-0.1, -0.05) is 60.7 Å². The van der Waals surface area contributed by atoms with Gasteiger partial charge in [-0.05, 0) is 24.0 Å². The van der Waals surface area contributed by atoms with Crippen molar-refractivity contribution < 1.29 is 14.6 Å². The first-order chi connectivity index (χ1) is 11.2. The van der Waals surface area contributed by atoms with Gasteiger partial charge in [0.05, 0.1) is 13.2 Å². The van der Waals surface area contributed by atoms with Gasteiger partial charge in [0.2, 0.25) is 0 Å². The van der Waals surface area contributed by atoms with Crippen LogP contribution in [0.1, 0.15) is 24.0 Å². The van der Waals surface area contributed by atoms with Gasteiger partial charge < -0.3 is 14.7 Å². The molecule has 1 unspecified atom stereocenters. The lowest BCUT2D eigenvalue weighted by atomic mass is 9.79. The number of carbonyl (C=O) groups is 1. The highest BCUT2D eigenvalue weighted by molar-refractivity contribution is 5.69. The molecule has 1 saturated heterocycles. The van der Waals surface area contributed by atoms with Crippen LogP contribution in [0.4, 0.5) is 4.79 Å². The predicted molar refractivity (Wildman–Crippen MR) is 88.0 cm³/mol. The lowest BCUT2D eigenvalue weighted by Crippen LogP contribution is -2.50. The van der Waals surface area contributed by atoms with Gasteiger partial charge in [-0.2, -0.15) is 0 Å². The Kier molecular flexibility index (Phi) is 4.35. The normalized spacial score (nSPS) is 18.0. The standard InChI is InChI=1S/C19H21NO3/c1-23-18(21)20-14-8-13-17(20)19(22,15-9-4-2-5-10-15)16-11-6-3-7-12-16/h2-7,9-12,17,22H,8,13-14H2,1H3. The van der Waals surface area contributed by atoms with Crippen molar-refractivity contribution in [3.63, 3.8) is 0 Å². The van der Waals surface area contributed by atoms with Gasteiger partial charge in [0.1, 0.15) is 5.60 Å². The first kappa shape index (κ1) is 15.6. The van der Waals surface area contributed by atoms with E-state index in [2.05, 4.69) is 0 Å². The van der Waals surface area contributed by atoms with Crippen LogP contribution in [-0.4, -0.2) is 35.8 Å². The quantitative estimate of drug-likeness (QED) is 0.947. The molecule has 1 fully saturated rings. The third kappa shape index (κ3) is 2.70. The molecule has 0 spiro atoms. The highest BCUT2D eigenvalue weighted by atomic mass is 16.5. The number of ether oxygens (including phenoxy) is 1. The summed E-state index contributed by atoms with van der Waals surface area (Å²) < 4.78 is 4.91. The van der Waals surface area contributed by atoms with Crippen molar-refractivity contribution in [2.75, 3.05) is 13.7 Å². The molecule has 1 amide bonds. The summed E-state index contributed by atoms with van der Waals surface area (Å²) in [7, 11) is 1.38. The number of rotatable bonds is 3. The van der Waals surface area contributed by atoms with Crippen LogP contribution in [-0.2, 0) is 10.3 Å². The van der Waals surface area contributed by atoms with Gasteiger partial charge in [-0.3, -0.25) is 0 Å². The molecule has 0 saturated carbocycles. The Labute approximate surface area is 136 Å². The monoisotopic (exact) mass is 311 g/mol. The third-order valence-electron chi connectivity index (χ3n) is 4.57. The van der Waals surface area contributed by atoms with Crippen molar-refractivity contribution in [2.24, 2.45) is 0 Å². The van der Waals surface area contributed by atoms with E-state index >= 15 is 0 Å². The molecular formula is C19H21NO3. The lowest BCUT2D eigenvalue weighted by Gasteiger charge is -2.39. The summed E-state index contributed by atoms with van der Waals surface area (Å²) in [6.07, 6.45) is 1.19. The van der Waals surface area contributed by atoms with Crippen LogP contribution in [0.15, 0.2) is 60.7 Å². The first-order valence-corrected chi connectivity index (χ1v) is 7.86. The highest BCUT2D eigenvalue weighted by Crippen LogP contribution is 2.40. The van der Waals surface area contributed by atoms with Crippen molar-refractivity contribution in [3.05, 3.63) is 71.8 Å². The van der Waals surface area contributed by atoms with E-state index in [0.29, 0.717) is 6.54 Å². The van der Waals surface area contributed by atoms with E-state index in [0.717, 1.165) is 24.0 Å². The second-order valence-corrected chi connectivity index (χ2v) is 5.82. The molecule has 1 aliphatic heterocycles. The number of methoxy groups -OCH3 is 1. The first-order valence-electron chi connectivity index (χ1n) is 7.86. The summed E-state index contributed by atoms with van der Waals surface area (Å²) in [6, 6.07) is 18.7. The third-order valence-corrected chi connectivity index (χ3v) is 4.57. The number of likely N-dealkylation sites (tertiary alicyclic amines) is 1. The highest BCUT2D eigenvalue weighted by Gasteiger charge is 2.47. The van der Waals surface area contributed by atoms with Gasteiger partial charge >= 0.3 is 6.09 Å². The predicted octanol–water partition coefficient (Wildman–Crippen LogP) is 3.15. The van der Waals surface area contributed by atoms with E-state index in [1.807, 2.05) is 60.7 Å². The van der Waals surface area contributed by atoms with Crippen molar-refractivity contribution in [2.45, 2.75) is 24.5 Å². The molecule has 120 valence electrons. The summed E-state index contributed by atoms with van der Waals surface area (Å²) in [5.74, 6) is 0. The molecule has 4 heteroatoms. The Balaban J connectivity index is 2.11. The summed E-state index contributed by atoms with van der Waals surface area (Å²) in [4.78, 5) is 13.8. The van der Waals surface area contributed by atoms with E-state index in [1.54, 1.807) is 4.90 Å². The number of aliphatic hydroxyl groups is 1. The number of benzene rings is 2. The van der Waals surface area contributed by atoms with Gasteiger partial charge in [0.25, 0.3) is 0 Å². The summed E-state index contributed by atoms with van der Waals surface area (Å²) in [5.41, 5.74) is 0.312.